The van der Waals surface area contributed by atoms with Gasteiger partial charge in [-0.25, -0.2) is 4.79 Å². The molecule has 2 fully saturated rings. The average Bonchev–Trinajstić information content (AvgIpc) is 3.47. The van der Waals surface area contributed by atoms with Crippen molar-refractivity contribution in [3.8, 4) is 0 Å². The number of fused-ring (bicyclic) bond motifs is 1. The van der Waals surface area contributed by atoms with Crippen LogP contribution in [0.25, 0.3) is 0 Å². The van der Waals surface area contributed by atoms with E-state index in [1.165, 1.54) is 23.3 Å². The highest BCUT2D eigenvalue weighted by molar-refractivity contribution is 7.10. The molecule has 2 unspecified atom stereocenters. The molecule has 2 N–H and O–H groups in total. The molecule has 3 heterocycles. The van der Waals surface area contributed by atoms with E-state index in [2.05, 4.69) is 27.1 Å². The summed E-state index contributed by atoms with van der Waals surface area (Å²) in [6.45, 7) is 2.71. The summed E-state index contributed by atoms with van der Waals surface area (Å²) in [5, 5.41) is 5.76. The van der Waals surface area contributed by atoms with Crippen molar-refractivity contribution in [1.29, 1.82) is 0 Å². The fourth-order valence-corrected chi connectivity index (χ4v) is 5.79. The quantitative estimate of drug-likeness (QED) is 0.633. The van der Waals surface area contributed by atoms with Crippen molar-refractivity contribution in [3.05, 3.63) is 57.8 Å². The molecule has 2 aromatic rings. The molecule has 2 aliphatic heterocycles. The number of hydrogen-bond acceptors (Lipinski definition) is 5. The van der Waals surface area contributed by atoms with E-state index in [0.29, 0.717) is 18.8 Å². The van der Waals surface area contributed by atoms with Crippen molar-refractivity contribution >= 4 is 29.2 Å². The molecule has 2 atom stereocenters. The molecule has 1 aromatic heterocycles. The van der Waals surface area contributed by atoms with Crippen LogP contribution in [0.4, 0.5) is 4.79 Å². The number of carbonyl (C=O) groups excluding carboxylic acids is 3. The summed E-state index contributed by atoms with van der Waals surface area (Å²) in [5.41, 5.74) is 3.98. The maximum Gasteiger partial charge on any atom is 0.344 e. The maximum absolute atomic E-state index is 13.0. The minimum atomic E-state index is -1.03. The summed E-state index contributed by atoms with van der Waals surface area (Å²) in [4.78, 5) is 42.0. The molecule has 1 aliphatic carbocycles. The zero-order valence-corrected chi connectivity index (χ0v) is 19.0. The van der Waals surface area contributed by atoms with E-state index < -0.39 is 17.5 Å². The zero-order chi connectivity index (χ0) is 22.3. The molecule has 32 heavy (non-hydrogen) atoms. The summed E-state index contributed by atoms with van der Waals surface area (Å²) in [7, 11) is 0. The third kappa shape index (κ3) is 4.04. The molecule has 7 nitrogen and oxygen atoms in total. The standard InChI is InChI=1S/C24H28N4O3S/c1-24(12-9-16-5-3-2-4-6-16)22(30)28(23(31)25-24)26-20(29)15-27-13-10-19-18(11-14-32-19)21(27)17-7-8-17/h2-6,11,14,17,21H,7-10,12-13,15H2,1H3,(H,25,31)(H,26,29). The summed E-state index contributed by atoms with van der Waals surface area (Å²) < 4.78 is 0. The van der Waals surface area contributed by atoms with Crippen LogP contribution in [-0.2, 0) is 22.4 Å². The monoisotopic (exact) mass is 452 g/mol. The van der Waals surface area contributed by atoms with Crippen LogP contribution in [0.2, 0.25) is 0 Å². The number of thiophene rings is 1. The number of hydrazine groups is 1. The minimum Gasteiger partial charge on any atom is -0.322 e. The maximum atomic E-state index is 13.0. The van der Waals surface area contributed by atoms with E-state index in [1.807, 2.05) is 30.3 Å². The van der Waals surface area contributed by atoms with Gasteiger partial charge in [0.2, 0.25) is 0 Å². The number of hydrogen-bond donors (Lipinski definition) is 2. The number of urea groups is 1. The lowest BCUT2D eigenvalue weighted by Gasteiger charge is -2.35. The summed E-state index contributed by atoms with van der Waals surface area (Å²) in [6.07, 6.45) is 4.43. The van der Waals surface area contributed by atoms with E-state index in [1.54, 1.807) is 18.3 Å². The molecular formula is C24H28N4O3S. The molecule has 0 radical (unpaired) electrons. The van der Waals surface area contributed by atoms with Crippen molar-refractivity contribution < 1.29 is 14.4 Å². The van der Waals surface area contributed by atoms with Crippen molar-refractivity contribution in [1.82, 2.24) is 20.7 Å². The lowest BCUT2D eigenvalue weighted by molar-refractivity contribution is -0.139. The van der Waals surface area contributed by atoms with Crippen LogP contribution in [0.5, 0.6) is 0 Å². The van der Waals surface area contributed by atoms with Gasteiger partial charge in [-0.1, -0.05) is 30.3 Å². The Bertz CT molecular complexity index is 1030. The second-order valence-electron chi connectivity index (χ2n) is 9.23. The molecule has 0 spiro atoms. The molecule has 8 heteroatoms. The number of nitrogens with one attached hydrogen (secondary N) is 2. The van der Waals surface area contributed by atoms with Gasteiger partial charge < -0.3 is 5.32 Å². The summed E-state index contributed by atoms with van der Waals surface area (Å²) in [5.74, 6) is -0.149. The zero-order valence-electron chi connectivity index (χ0n) is 18.2. The Balaban J connectivity index is 1.21. The van der Waals surface area contributed by atoms with Crippen LogP contribution in [0.1, 0.15) is 48.2 Å². The Morgan fingerprint density at radius 1 is 1.22 bits per heavy atom. The normalized spacial score (nSPS) is 25.5. The molecule has 4 amide bonds. The lowest BCUT2D eigenvalue weighted by Crippen LogP contribution is -2.52. The van der Waals surface area contributed by atoms with Crippen molar-refractivity contribution in [2.24, 2.45) is 5.92 Å². The SMILES string of the molecule is CC1(CCc2ccccc2)NC(=O)N(NC(=O)CN2CCc3sccc3C2C2CC2)C1=O. The van der Waals surface area contributed by atoms with Gasteiger partial charge in [-0.2, -0.15) is 5.01 Å². The number of nitrogens with zero attached hydrogens (tertiary/aromatic N) is 2. The molecule has 1 saturated heterocycles. The van der Waals surface area contributed by atoms with Gasteiger partial charge in [-0.05, 0) is 67.5 Å². The van der Waals surface area contributed by atoms with Crippen molar-refractivity contribution in [2.75, 3.05) is 13.1 Å². The van der Waals surface area contributed by atoms with Gasteiger partial charge in [0.1, 0.15) is 5.54 Å². The average molecular weight is 453 g/mol. The van der Waals surface area contributed by atoms with E-state index in [0.717, 1.165) is 23.5 Å². The number of rotatable bonds is 7. The Morgan fingerprint density at radius 3 is 2.75 bits per heavy atom. The van der Waals surface area contributed by atoms with Crippen LogP contribution in [0, 0.1) is 5.92 Å². The predicted octanol–water partition coefficient (Wildman–Crippen LogP) is 3.03. The van der Waals surface area contributed by atoms with Crippen molar-refractivity contribution in [3.63, 3.8) is 0 Å². The molecule has 168 valence electrons. The Hall–Kier alpha value is -2.71. The van der Waals surface area contributed by atoms with Crippen LogP contribution >= 0.6 is 11.3 Å². The fraction of sp³-hybridized carbons (Fsp3) is 0.458. The van der Waals surface area contributed by atoms with E-state index in [-0.39, 0.29) is 18.5 Å². The van der Waals surface area contributed by atoms with Crippen LogP contribution in [-0.4, -0.2) is 46.4 Å². The minimum absolute atomic E-state index is 0.175. The van der Waals surface area contributed by atoms with E-state index in [9.17, 15) is 14.4 Å². The highest BCUT2D eigenvalue weighted by atomic mass is 32.1. The number of aryl methyl sites for hydroxylation is 1. The van der Waals surface area contributed by atoms with Gasteiger partial charge in [0, 0.05) is 17.5 Å². The number of carbonyl (C=O) groups is 3. The predicted molar refractivity (Wildman–Crippen MR) is 122 cm³/mol. The highest BCUT2D eigenvalue weighted by Crippen LogP contribution is 2.48. The van der Waals surface area contributed by atoms with Crippen LogP contribution in [0.3, 0.4) is 0 Å². The Morgan fingerprint density at radius 2 is 2.00 bits per heavy atom. The van der Waals surface area contributed by atoms with Gasteiger partial charge in [0.25, 0.3) is 11.8 Å². The Labute approximate surface area is 191 Å². The van der Waals surface area contributed by atoms with Gasteiger partial charge in [-0.15, -0.1) is 11.3 Å². The number of benzene rings is 1. The first kappa shape index (κ1) is 21.2. The summed E-state index contributed by atoms with van der Waals surface area (Å²) in [6, 6.07) is 11.7. The Kier molecular flexibility index (Phi) is 5.51. The van der Waals surface area contributed by atoms with Crippen molar-refractivity contribution in [2.45, 2.75) is 50.6 Å². The summed E-state index contributed by atoms with van der Waals surface area (Å²) >= 11 is 1.79. The van der Waals surface area contributed by atoms with Crippen LogP contribution < -0.4 is 10.7 Å². The largest absolute Gasteiger partial charge is 0.344 e. The van der Waals surface area contributed by atoms with Gasteiger partial charge in [0.05, 0.1) is 6.54 Å². The molecule has 5 rings (SSSR count). The molecule has 3 aliphatic rings. The second kappa shape index (κ2) is 8.33. The first-order valence-electron chi connectivity index (χ1n) is 11.2. The number of amides is 4. The smallest absolute Gasteiger partial charge is 0.322 e. The molecule has 1 saturated carbocycles. The first-order chi connectivity index (χ1) is 15.4. The van der Waals surface area contributed by atoms with Gasteiger partial charge in [-0.3, -0.25) is 19.9 Å². The van der Waals surface area contributed by atoms with E-state index in [4.69, 9.17) is 0 Å². The highest BCUT2D eigenvalue weighted by Gasteiger charge is 2.48. The molecule has 0 bridgehead atoms. The topological polar surface area (TPSA) is 81.8 Å². The fourth-order valence-electron chi connectivity index (χ4n) is 4.88. The molecular weight excluding hydrogens is 424 g/mol. The third-order valence-electron chi connectivity index (χ3n) is 6.79. The van der Waals surface area contributed by atoms with Crippen LogP contribution in [0.15, 0.2) is 41.8 Å². The lowest BCUT2D eigenvalue weighted by atomic mass is 9.93. The first-order valence-corrected chi connectivity index (χ1v) is 12.1. The van der Waals surface area contributed by atoms with Gasteiger partial charge in [0.15, 0.2) is 0 Å². The molecule has 1 aromatic carbocycles. The third-order valence-corrected chi connectivity index (χ3v) is 7.78. The number of imide groups is 1. The second-order valence-corrected chi connectivity index (χ2v) is 10.2. The van der Waals surface area contributed by atoms with E-state index >= 15 is 0 Å². The van der Waals surface area contributed by atoms with Gasteiger partial charge >= 0.3 is 6.03 Å².